The van der Waals surface area contributed by atoms with E-state index in [1.54, 1.807) is 24.3 Å². The molecular weight excluding hydrogens is 396 g/mol. The first kappa shape index (κ1) is 21.1. The van der Waals surface area contributed by atoms with Crippen molar-refractivity contribution in [3.05, 3.63) is 64.7 Å². The second-order valence-electron chi connectivity index (χ2n) is 5.65. The minimum Gasteiger partial charge on any atom is -0.455 e. The lowest BCUT2D eigenvalue weighted by atomic mass is 10.0. The van der Waals surface area contributed by atoms with Crippen LogP contribution in [0.1, 0.15) is 18.0 Å². The van der Waals surface area contributed by atoms with Gasteiger partial charge >= 0.3 is 12.0 Å². The first-order valence-corrected chi connectivity index (χ1v) is 8.34. The molecule has 0 saturated carbocycles. The molecule has 0 saturated heterocycles. The quantitative estimate of drug-likeness (QED) is 0.608. The fourth-order valence-corrected chi connectivity index (χ4v) is 2.39. The first-order valence-electron chi connectivity index (χ1n) is 7.96. The molecule has 0 aliphatic carbocycles. The van der Waals surface area contributed by atoms with Crippen molar-refractivity contribution in [2.24, 2.45) is 5.73 Å². The van der Waals surface area contributed by atoms with Crippen LogP contribution in [0.2, 0.25) is 5.02 Å². The van der Waals surface area contributed by atoms with Gasteiger partial charge in [-0.3, -0.25) is 9.59 Å². The number of hydrogen-bond donors (Lipinski definition) is 3. The summed E-state index contributed by atoms with van der Waals surface area (Å²) in [5.74, 6) is -3.71. The molecule has 0 heterocycles. The van der Waals surface area contributed by atoms with Crippen molar-refractivity contribution in [1.82, 2.24) is 5.32 Å². The molecule has 2 aromatic carbocycles. The first-order chi connectivity index (χ1) is 13.2. The number of nitrogens with one attached hydrogen (secondary N) is 2. The van der Waals surface area contributed by atoms with E-state index >= 15 is 0 Å². The van der Waals surface area contributed by atoms with Crippen LogP contribution in [0.15, 0.2) is 42.5 Å². The van der Waals surface area contributed by atoms with Gasteiger partial charge in [-0.15, -0.1) is 0 Å². The molecular formula is C18H16ClF2N3O4. The van der Waals surface area contributed by atoms with Crippen molar-refractivity contribution < 1.29 is 27.9 Å². The Labute approximate surface area is 163 Å². The van der Waals surface area contributed by atoms with E-state index in [4.69, 9.17) is 22.1 Å². The Balaban J connectivity index is 1.90. The summed E-state index contributed by atoms with van der Waals surface area (Å²) >= 11 is 5.80. The van der Waals surface area contributed by atoms with E-state index in [1.165, 1.54) is 0 Å². The molecule has 0 aromatic heterocycles. The Bertz CT molecular complexity index is 878. The molecule has 2 rings (SSSR count). The van der Waals surface area contributed by atoms with Gasteiger partial charge < -0.3 is 21.1 Å². The Morgan fingerprint density at radius 3 is 2.36 bits per heavy atom. The average molecular weight is 412 g/mol. The molecule has 10 heteroatoms. The minimum atomic E-state index is -1.13. The largest absolute Gasteiger partial charge is 0.455 e. The molecule has 0 aliphatic rings. The normalized spacial score (nSPS) is 11.4. The standard InChI is InChI=1S/C18H16ClF2N3O4/c19-11-3-1-10(2-4-11)15(24-18(22)27)8-17(26)28-9-16(25)23-12-5-6-13(20)14(21)7-12/h1-7,15H,8-9H2,(H,23,25)(H3,22,24,27)/t15-/m1/s1. The van der Waals surface area contributed by atoms with E-state index in [0.29, 0.717) is 10.6 Å². The number of amides is 3. The number of halogens is 3. The molecule has 28 heavy (non-hydrogen) atoms. The Kier molecular flexibility index (Phi) is 7.28. The molecule has 1 atom stereocenters. The highest BCUT2D eigenvalue weighted by atomic mass is 35.5. The lowest BCUT2D eigenvalue weighted by Crippen LogP contribution is -2.35. The molecule has 3 amide bonds. The Morgan fingerprint density at radius 2 is 1.75 bits per heavy atom. The maximum absolute atomic E-state index is 13.1. The molecule has 0 aliphatic heterocycles. The summed E-state index contributed by atoms with van der Waals surface area (Å²) in [5.41, 5.74) is 5.69. The zero-order chi connectivity index (χ0) is 20.7. The van der Waals surface area contributed by atoms with Gasteiger partial charge in [-0.25, -0.2) is 13.6 Å². The number of urea groups is 1. The van der Waals surface area contributed by atoms with Gasteiger partial charge in [0.1, 0.15) is 0 Å². The second kappa shape index (κ2) is 9.65. The zero-order valence-corrected chi connectivity index (χ0v) is 15.1. The molecule has 0 bridgehead atoms. The highest BCUT2D eigenvalue weighted by Crippen LogP contribution is 2.20. The SMILES string of the molecule is NC(=O)N[C@H](CC(=O)OCC(=O)Nc1ccc(F)c(F)c1)c1ccc(Cl)cc1. The molecule has 2 aromatic rings. The van der Waals surface area contributed by atoms with Crippen LogP contribution in [0, 0.1) is 11.6 Å². The molecule has 7 nitrogen and oxygen atoms in total. The van der Waals surface area contributed by atoms with Gasteiger partial charge in [0.25, 0.3) is 5.91 Å². The summed E-state index contributed by atoms with van der Waals surface area (Å²) in [7, 11) is 0. The van der Waals surface area contributed by atoms with E-state index in [2.05, 4.69) is 10.6 Å². The predicted molar refractivity (Wildman–Crippen MR) is 97.5 cm³/mol. The third-order valence-electron chi connectivity index (χ3n) is 3.53. The van der Waals surface area contributed by atoms with Crippen molar-refractivity contribution in [3.63, 3.8) is 0 Å². The number of carbonyl (C=O) groups excluding carboxylic acids is 3. The van der Waals surface area contributed by atoms with E-state index in [1.807, 2.05) is 0 Å². The molecule has 0 unspecified atom stereocenters. The zero-order valence-electron chi connectivity index (χ0n) is 14.4. The predicted octanol–water partition coefficient (Wildman–Crippen LogP) is 2.90. The van der Waals surface area contributed by atoms with Gasteiger partial charge in [0.05, 0.1) is 12.5 Å². The van der Waals surface area contributed by atoms with E-state index in [-0.39, 0.29) is 12.1 Å². The Morgan fingerprint density at radius 1 is 1.07 bits per heavy atom. The van der Waals surface area contributed by atoms with Crippen LogP contribution >= 0.6 is 11.6 Å². The third-order valence-corrected chi connectivity index (χ3v) is 3.78. The van der Waals surface area contributed by atoms with Crippen LogP contribution in [-0.2, 0) is 14.3 Å². The number of benzene rings is 2. The Hall–Kier alpha value is -3.20. The number of esters is 1. The van der Waals surface area contributed by atoms with E-state index in [0.717, 1.165) is 18.2 Å². The van der Waals surface area contributed by atoms with Crippen LogP contribution in [0.3, 0.4) is 0 Å². The molecule has 0 fully saturated rings. The van der Waals surface area contributed by atoms with Gasteiger partial charge in [-0.1, -0.05) is 23.7 Å². The third kappa shape index (κ3) is 6.51. The monoisotopic (exact) mass is 411 g/mol. The smallest absolute Gasteiger partial charge is 0.312 e. The van der Waals surface area contributed by atoms with Crippen LogP contribution in [0.25, 0.3) is 0 Å². The summed E-state index contributed by atoms with van der Waals surface area (Å²) < 4.78 is 30.8. The van der Waals surface area contributed by atoms with Gasteiger partial charge in [0, 0.05) is 16.8 Å². The van der Waals surface area contributed by atoms with Crippen molar-refractivity contribution >= 4 is 35.2 Å². The highest BCUT2D eigenvalue weighted by Gasteiger charge is 2.19. The molecule has 0 spiro atoms. The summed E-state index contributed by atoms with van der Waals surface area (Å²) in [4.78, 5) is 34.9. The number of primary amides is 1. The van der Waals surface area contributed by atoms with Crippen molar-refractivity contribution in [2.75, 3.05) is 11.9 Å². The number of hydrogen-bond acceptors (Lipinski definition) is 4. The fraction of sp³-hybridized carbons (Fsp3) is 0.167. The van der Waals surface area contributed by atoms with E-state index < -0.39 is 42.2 Å². The van der Waals surface area contributed by atoms with Crippen molar-refractivity contribution in [3.8, 4) is 0 Å². The van der Waals surface area contributed by atoms with Crippen LogP contribution in [0.5, 0.6) is 0 Å². The lowest BCUT2D eigenvalue weighted by Gasteiger charge is -2.17. The van der Waals surface area contributed by atoms with Gasteiger partial charge in [-0.2, -0.15) is 0 Å². The van der Waals surface area contributed by atoms with Crippen LogP contribution in [0.4, 0.5) is 19.3 Å². The van der Waals surface area contributed by atoms with Crippen molar-refractivity contribution in [2.45, 2.75) is 12.5 Å². The number of carbonyl (C=O) groups is 3. The molecule has 4 N–H and O–H groups in total. The topological polar surface area (TPSA) is 111 Å². The number of nitrogens with two attached hydrogens (primary N) is 1. The highest BCUT2D eigenvalue weighted by molar-refractivity contribution is 6.30. The van der Waals surface area contributed by atoms with Crippen molar-refractivity contribution in [1.29, 1.82) is 0 Å². The lowest BCUT2D eigenvalue weighted by molar-refractivity contribution is -0.147. The minimum absolute atomic E-state index is 0.00869. The molecule has 0 radical (unpaired) electrons. The number of ether oxygens (including phenoxy) is 1. The van der Waals surface area contributed by atoms with Gasteiger partial charge in [0.2, 0.25) is 0 Å². The maximum atomic E-state index is 13.1. The summed E-state index contributed by atoms with van der Waals surface area (Å²) in [6.07, 6.45) is -0.289. The number of rotatable bonds is 7. The van der Waals surface area contributed by atoms with Gasteiger partial charge in [-0.05, 0) is 29.8 Å². The summed E-state index contributed by atoms with van der Waals surface area (Å²) in [6.45, 7) is -0.651. The molecule has 148 valence electrons. The van der Waals surface area contributed by atoms with Crippen LogP contribution < -0.4 is 16.4 Å². The summed E-state index contributed by atoms with van der Waals surface area (Å²) in [6, 6.07) is 7.54. The number of anilines is 1. The van der Waals surface area contributed by atoms with Gasteiger partial charge in [0.15, 0.2) is 18.2 Å². The second-order valence-corrected chi connectivity index (χ2v) is 6.09. The summed E-state index contributed by atoms with van der Waals surface area (Å²) in [5, 5.41) is 5.13. The fourth-order valence-electron chi connectivity index (χ4n) is 2.26. The van der Waals surface area contributed by atoms with Crippen LogP contribution in [-0.4, -0.2) is 24.5 Å². The van der Waals surface area contributed by atoms with E-state index in [9.17, 15) is 23.2 Å². The maximum Gasteiger partial charge on any atom is 0.312 e. The average Bonchev–Trinajstić information content (AvgIpc) is 2.63.